The molecule has 0 aliphatic rings. The molecular weight excluding hydrogens is 466 g/mol. The van der Waals surface area contributed by atoms with Gasteiger partial charge in [-0.2, -0.15) is 4.57 Å². The van der Waals surface area contributed by atoms with E-state index in [9.17, 15) is 0 Å². The Morgan fingerprint density at radius 2 is 1.34 bits per heavy atom. The van der Waals surface area contributed by atoms with Crippen LogP contribution >= 0.6 is 0 Å². The maximum Gasteiger partial charge on any atom is 0.295 e. The Morgan fingerprint density at radius 3 is 2.13 bits per heavy atom. The van der Waals surface area contributed by atoms with Crippen molar-refractivity contribution in [3.63, 3.8) is 0 Å². The molecule has 2 heterocycles. The van der Waals surface area contributed by atoms with E-state index in [0.29, 0.717) is 5.89 Å². The number of oxazole rings is 1. The Morgan fingerprint density at radius 1 is 0.684 bits per heavy atom. The summed E-state index contributed by atoms with van der Waals surface area (Å²) in [5, 5.41) is 0. The largest absolute Gasteiger partial charge is 0.436 e. The molecule has 0 radical (unpaired) electrons. The van der Waals surface area contributed by atoms with E-state index in [4.69, 9.17) is 9.40 Å². The van der Waals surface area contributed by atoms with E-state index < -0.39 is 0 Å². The van der Waals surface area contributed by atoms with Crippen LogP contribution in [-0.4, -0.2) is 9.55 Å². The first kappa shape index (κ1) is 22.3. The van der Waals surface area contributed by atoms with E-state index >= 15 is 0 Å². The van der Waals surface area contributed by atoms with Gasteiger partial charge >= 0.3 is 0 Å². The molecule has 0 aliphatic carbocycles. The van der Waals surface area contributed by atoms with Crippen molar-refractivity contribution >= 4 is 22.1 Å². The van der Waals surface area contributed by atoms with Crippen LogP contribution in [0, 0.1) is 6.92 Å². The number of benzene rings is 5. The Kier molecular flexibility index (Phi) is 5.19. The third kappa shape index (κ3) is 3.53. The van der Waals surface area contributed by atoms with Gasteiger partial charge in [-0.15, -0.1) is 0 Å². The van der Waals surface area contributed by atoms with Crippen molar-refractivity contribution in [2.75, 3.05) is 0 Å². The number of rotatable bonds is 4. The molecule has 38 heavy (non-hydrogen) atoms. The fraction of sp³-hybridized carbons (Fsp3) is 0.0588. The number of para-hydroxylation sites is 3. The predicted octanol–water partition coefficient (Wildman–Crippen LogP) is 7.91. The highest BCUT2D eigenvalue weighted by atomic mass is 16.3. The number of fused-ring (bicyclic) bond motifs is 2. The normalized spacial score (nSPS) is 11.4. The molecule has 0 saturated heterocycles. The highest BCUT2D eigenvalue weighted by Gasteiger charge is 2.29. The minimum Gasteiger partial charge on any atom is -0.436 e. The van der Waals surface area contributed by atoms with Crippen molar-refractivity contribution in [3.05, 3.63) is 127 Å². The smallest absolute Gasteiger partial charge is 0.295 e. The van der Waals surface area contributed by atoms with Crippen molar-refractivity contribution in [2.45, 2.75) is 6.92 Å². The highest BCUT2D eigenvalue weighted by molar-refractivity contribution is 5.87. The van der Waals surface area contributed by atoms with Crippen LogP contribution in [0.15, 0.2) is 126 Å². The van der Waals surface area contributed by atoms with Crippen molar-refractivity contribution in [1.82, 2.24) is 9.55 Å². The molecule has 4 heteroatoms. The zero-order valence-electron chi connectivity index (χ0n) is 21.3. The van der Waals surface area contributed by atoms with Crippen LogP contribution in [0.3, 0.4) is 0 Å². The zero-order valence-corrected chi connectivity index (χ0v) is 21.3. The second-order valence-corrected chi connectivity index (χ2v) is 9.61. The number of aryl methyl sites for hydroxylation is 2. The second kappa shape index (κ2) is 8.86. The molecule has 0 amide bonds. The van der Waals surface area contributed by atoms with Crippen LogP contribution in [-0.2, 0) is 7.05 Å². The maximum absolute atomic E-state index is 6.29. The van der Waals surface area contributed by atoms with Crippen LogP contribution < -0.4 is 4.57 Å². The van der Waals surface area contributed by atoms with E-state index in [2.05, 4.69) is 114 Å². The first-order valence-electron chi connectivity index (χ1n) is 12.8. The minimum absolute atomic E-state index is 0.636. The minimum atomic E-state index is 0.636. The van der Waals surface area contributed by atoms with Gasteiger partial charge in [0.15, 0.2) is 16.6 Å². The lowest BCUT2D eigenvalue weighted by molar-refractivity contribution is -0.633. The van der Waals surface area contributed by atoms with Crippen molar-refractivity contribution < 1.29 is 8.98 Å². The molecule has 4 nitrogen and oxygen atoms in total. The van der Waals surface area contributed by atoms with E-state index in [0.717, 1.165) is 50.3 Å². The van der Waals surface area contributed by atoms with Gasteiger partial charge in [-0.1, -0.05) is 78.9 Å². The summed E-state index contributed by atoms with van der Waals surface area (Å²) in [6.45, 7) is 2.15. The monoisotopic (exact) mass is 492 g/mol. The molecule has 0 spiro atoms. The molecule has 0 aliphatic heterocycles. The summed E-state index contributed by atoms with van der Waals surface area (Å²) in [6.07, 6.45) is 0. The first-order chi connectivity index (χ1) is 18.7. The lowest BCUT2D eigenvalue weighted by Crippen LogP contribution is -2.30. The molecule has 0 bridgehead atoms. The maximum atomic E-state index is 6.29. The lowest BCUT2D eigenvalue weighted by Gasteiger charge is -2.11. The molecule has 7 rings (SSSR count). The molecule has 0 unspecified atom stereocenters. The van der Waals surface area contributed by atoms with Gasteiger partial charge in [0.05, 0.1) is 12.6 Å². The fourth-order valence-corrected chi connectivity index (χ4v) is 5.41. The van der Waals surface area contributed by atoms with Crippen molar-refractivity contribution in [1.29, 1.82) is 0 Å². The first-order valence-corrected chi connectivity index (χ1v) is 12.8. The number of nitrogens with zero attached hydrogens (tertiary/aromatic N) is 3. The Labute approximate surface area is 221 Å². The standard InChI is InChI=1S/C34H26N3O/c1-23-21-28-32(38-33(35-28)25-15-7-4-8-16-25)22-27(23)34-36(2)30-19-11-12-20-31(30)37(34)29-18-10-9-17-26(29)24-13-5-3-6-14-24/h3-22H,1-2H3/q+1. The van der Waals surface area contributed by atoms with Crippen molar-refractivity contribution in [3.8, 4) is 39.7 Å². The van der Waals surface area contributed by atoms with Crippen LogP contribution in [0.5, 0.6) is 0 Å². The SMILES string of the molecule is Cc1cc2nc(-c3ccccc3)oc2cc1-c1n(-c2ccccc2-c2ccccc2)c2ccccc2[n+]1C. The Balaban J connectivity index is 1.51. The summed E-state index contributed by atoms with van der Waals surface area (Å²) >= 11 is 0. The average Bonchev–Trinajstić information content (AvgIpc) is 3.52. The van der Waals surface area contributed by atoms with E-state index in [1.165, 1.54) is 11.1 Å². The molecule has 0 saturated carbocycles. The highest BCUT2D eigenvalue weighted by Crippen LogP contribution is 2.36. The van der Waals surface area contributed by atoms with Gasteiger partial charge in [0.2, 0.25) is 5.89 Å². The quantitative estimate of drug-likeness (QED) is 0.234. The van der Waals surface area contributed by atoms with Crippen LogP contribution in [0.1, 0.15) is 5.56 Å². The molecule has 2 aromatic heterocycles. The molecular formula is C34H26N3O+. The van der Waals surface area contributed by atoms with Crippen LogP contribution in [0.25, 0.3) is 61.8 Å². The molecule has 7 aromatic rings. The Hall–Kier alpha value is -4.96. The summed E-state index contributed by atoms with van der Waals surface area (Å²) in [4.78, 5) is 4.80. The van der Waals surface area contributed by atoms with Crippen LogP contribution in [0.4, 0.5) is 0 Å². The average molecular weight is 493 g/mol. The predicted molar refractivity (Wildman–Crippen MR) is 153 cm³/mol. The summed E-state index contributed by atoms with van der Waals surface area (Å²) in [5.41, 5.74) is 10.7. The third-order valence-electron chi connectivity index (χ3n) is 7.24. The molecule has 5 aromatic carbocycles. The molecule has 0 N–H and O–H groups in total. The van der Waals surface area contributed by atoms with E-state index in [1.807, 2.05) is 30.3 Å². The van der Waals surface area contributed by atoms with Gasteiger partial charge in [-0.25, -0.2) is 9.55 Å². The second-order valence-electron chi connectivity index (χ2n) is 9.61. The van der Waals surface area contributed by atoms with Gasteiger partial charge in [0, 0.05) is 11.1 Å². The van der Waals surface area contributed by atoms with Gasteiger partial charge in [-0.05, 0) is 60.5 Å². The summed E-state index contributed by atoms with van der Waals surface area (Å²) in [5.74, 6) is 1.73. The number of hydrogen-bond acceptors (Lipinski definition) is 2. The van der Waals surface area contributed by atoms with Gasteiger partial charge in [0.25, 0.3) is 5.82 Å². The van der Waals surface area contributed by atoms with E-state index in [-0.39, 0.29) is 0 Å². The number of hydrogen-bond donors (Lipinski definition) is 0. The van der Waals surface area contributed by atoms with E-state index in [1.54, 1.807) is 0 Å². The number of imidazole rings is 1. The summed E-state index contributed by atoms with van der Waals surface area (Å²) < 4.78 is 10.9. The van der Waals surface area contributed by atoms with Crippen LogP contribution in [0.2, 0.25) is 0 Å². The summed E-state index contributed by atoms with van der Waals surface area (Å²) in [6, 6.07) is 42.1. The van der Waals surface area contributed by atoms with Gasteiger partial charge in [0.1, 0.15) is 11.2 Å². The topological polar surface area (TPSA) is 34.8 Å². The molecule has 0 fully saturated rings. The van der Waals surface area contributed by atoms with Gasteiger partial charge < -0.3 is 4.42 Å². The summed E-state index contributed by atoms with van der Waals surface area (Å²) in [7, 11) is 2.14. The zero-order chi connectivity index (χ0) is 25.6. The number of aromatic nitrogens is 3. The molecule has 182 valence electrons. The fourth-order valence-electron chi connectivity index (χ4n) is 5.41. The third-order valence-corrected chi connectivity index (χ3v) is 7.24. The molecule has 0 atom stereocenters. The van der Waals surface area contributed by atoms with Gasteiger partial charge in [-0.3, -0.25) is 0 Å². The lowest BCUT2D eigenvalue weighted by atomic mass is 10.0. The van der Waals surface area contributed by atoms with Crippen molar-refractivity contribution in [2.24, 2.45) is 7.05 Å². The Bertz CT molecular complexity index is 1930.